The Morgan fingerprint density at radius 1 is 0.711 bits per heavy atom. The van der Waals surface area contributed by atoms with E-state index >= 15 is 0 Å². The Morgan fingerprint density at radius 3 is 1.95 bits per heavy atom. The summed E-state index contributed by atoms with van der Waals surface area (Å²) in [5.74, 6) is -0.755. The highest BCUT2D eigenvalue weighted by molar-refractivity contribution is 6.05. The lowest BCUT2D eigenvalue weighted by molar-refractivity contribution is -0.136. The molecule has 0 unspecified atom stereocenters. The number of esters is 1. The topological polar surface area (TPSA) is 88.0 Å². The van der Waals surface area contributed by atoms with Crippen LogP contribution in [0.2, 0.25) is 0 Å². The summed E-state index contributed by atoms with van der Waals surface area (Å²) in [6, 6.07) is 37.3. The van der Waals surface area contributed by atoms with E-state index in [1.54, 1.807) is 78.9 Å². The van der Waals surface area contributed by atoms with E-state index in [0.29, 0.717) is 28.0 Å². The summed E-state index contributed by atoms with van der Waals surface area (Å²) in [5.41, 5.74) is 2.54. The van der Waals surface area contributed by atoms with Crippen molar-refractivity contribution in [3.05, 3.63) is 150 Å². The van der Waals surface area contributed by atoms with Crippen LogP contribution in [-0.4, -0.2) is 23.2 Å². The fourth-order valence-electron chi connectivity index (χ4n) is 4.22. The highest BCUT2D eigenvalue weighted by Crippen LogP contribution is 2.30. The first kappa shape index (κ1) is 24.6. The Hall–Kier alpha value is -5.07. The van der Waals surface area contributed by atoms with Crippen LogP contribution in [0.25, 0.3) is 10.8 Å². The number of fused-ring (bicyclic) bond motifs is 1. The molecular formula is C32H24N2O4. The van der Waals surface area contributed by atoms with Crippen molar-refractivity contribution >= 4 is 28.9 Å². The summed E-state index contributed by atoms with van der Waals surface area (Å²) < 4.78 is 5.56. The van der Waals surface area contributed by atoms with Gasteiger partial charge in [0.15, 0.2) is 5.60 Å². The molecule has 5 aromatic rings. The quantitative estimate of drug-likeness (QED) is 0.135. The molecule has 0 bridgehead atoms. The van der Waals surface area contributed by atoms with Crippen LogP contribution < -0.4 is 10.2 Å². The second-order valence-electron chi connectivity index (χ2n) is 8.63. The van der Waals surface area contributed by atoms with E-state index < -0.39 is 17.5 Å². The first-order valence-electron chi connectivity index (χ1n) is 12.0. The molecule has 38 heavy (non-hydrogen) atoms. The largest absolute Gasteiger partial charge is 0.423 e. The molecule has 0 atom stereocenters. The van der Waals surface area contributed by atoms with Gasteiger partial charge in [-0.2, -0.15) is 5.10 Å². The monoisotopic (exact) mass is 500 g/mol. The second kappa shape index (κ2) is 10.9. The number of nitrogens with zero attached hydrogens (tertiary/aromatic N) is 1. The molecule has 5 rings (SSSR count). The predicted molar refractivity (Wildman–Crippen MR) is 147 cm³/mol. The zero-order chi connectivity index (χ0) is 26.4. The number of hydrazone groups is 1. The molecule has 0 radical (unpaired) electrons. The van der Waals surface area contributed by atoms with Crippen molar-refractivity contribution in [2.45, 2.75) is 5.60 Å². The maximum absolute atomic E-state index is 13.1. The van der Waals surface area contributed by atoms with Gasteiger partial charge in [-0.15, -0.1) is 0 Å². The Balaban J connectivity index is 1.27. The minimum absolute atomic E-state index is 0.381. The molecule has 0 aromatic heterocycles. The molecule has 0 heterocycles. The molecule has 0 saturated carbocycles. The van der Waals surface area contributed by atoms with Gasteiger partial charge in [0.2, 0.25) is 0 Å². The van der Waals surface area contributed by atoms with Gasteiger partial charge in [-0.1, -0.05) is 97.1 Å². The van der Waals surface area contributed by atoms with Crippen molar-refractivity contribution in [3.8, 4) is 5.75 Å². The van der Waals surface area contributed by atoms with Crippen molar-refractivity contribution in [1.82, 2.24) is 5.43 Å². The van der Waals surface area contributed by atoms with Crippen molar-refractivity contribution in [3.63, 3.8) is 0 Å². The van der Waals surface area contributed by atoms with E-state index in [2.05, 4.69) is 10.5 Å². The number of rotatable bonds is 7. The lowest BCUT2D eigenvalue weighted by Gasteiger charge is -2.27. The van der Waals surface area contributed by atoms with Crippen molar-refractivity contribution in [1.29, 1.82) is 0 Å². The van der Waals surface area contributed by atoms with E-state index in [-0.39, 0.29) is 0 Å². The standard InChI is InChI=1S/C32H24N2O4/c35-30(29-17-9-11-24-10-7-8-16-28(24)29)38-27-20-18-23(19-21-27)22-33-34-31(36)32(37,25-12-3-1-4-13-25)26-14-5-2-6-15-26/h1-22,37H,(H,34,36)/b33-22-. The SMILES string of the molecule is O=C(Oc1ccc(/C=N\NC(=O)C(O)(c2ccccc2)c2ccccc2)cc1)c1cccc2ccccc12. The molecule has 0 fully saturated rings. The number of carbonyl (C=O) groups is 2. The normalized spacial score (nSPS) is 11.4. The summed E-state index contributed by atoms with van der Waals surface area (Å²) in [5, 5.41) is 17.3. The molecule has 0 aliphatic carbocycles. The van der Waals surface area contributed by atoms with Crippen molar-refractivity contribution in [2.75, 3.05) is 0 Å². The summed E-state index contributed by atoms with van der Waals surface area (Å²) in [6.07, 6.45) is 1.45. The van der Waals surface area contributed by atoms with Crippen LogP contribution in [0.4, 0.5) is 0 Å². The summed E-state index contributed by atoms with van der Waals surface area (Å²) in [7, 11) is 0. The van der Waals surface area contributed by atoms with Crippen LogP contribution in [0.15, 0.2) is 132 Å². The Kier molecular flexibility index (Phi) is 7.06. The number of carbonyl (C=O) groups excluding carboxylic acids is 2. The number of amides is 1. The lowest BCUT2D eigenvalue weighted by atomic mass is 9.85. The van der Waals surface area contributed by atoms with Crippen molar-refractivity contribution in [2.24, 2.45) is 5.10 Å². The van der Waals surface area contributed by atoms with Gasteiger partial charge in [0.25, 0.3) is 5.91 Å². The van der Waals surface area contributed by atoms with Gasteiger partial charge in [-0.3, -0.25) is 4.79 Å². The molecule has 0 aliphatic heterocycles. The number of aliphatic hydroxyl groups is 1. The number of hydrogen-bond donors (Lipinski definition) is 2. The molecule has 0 aliphatic rings. The van der Waals surface area contributed by atoms with Gasteiger partial charge in [0.05, 0.1) is 11.8 Å². The highest BCUT2D eigenvalue weighted by Gasteiger charge is 2.39. The van der Waals surface area contributed by atoms with E-state index in [0.717, 1.165) is 10.8 Å². The zero-order valence-corrected chi connectivity index (χ0v) is 20.3. The molecule has 6 heteroatoms. The Morgan fingerprint density at radius 2 is 1.29 bits per heavy atom. The molecule has 5 aromatic carbocycles. The molecule has 0 spiro atoms. The fourth-order valence-corrected chi connectivity index (χ4v) is 4.22. The molecule has 1 amide bonds. The Labute approximate surface area is 219 Å². The molecule has 186 valence electrons. The maximum Gasteiger partial charge on any atom is 0.344 e. The van der Waals surface area contributed by atoms with Crippen LogP contribution >= 0.6 is 0 Å². The minimum atomic E-state index is -1.92. The highest BCUT2D eigenvalue weighted by atomic mass is 16.5. The summed E-state index contributed by atoms with van der Waals surface area (Å²) in [4.78, 5) is 25.9. The third-order valence-electron chi connectivity index (χ3n) is 6.19. The number of ether oxygens (including phenoxy) is 1. The second-order valence-corrected chi connectivity index (χ2v) is 8.63. The number of benzene rings is 5. The third-order valence-corrected chi connectivity index (χ3v) is 6.19. The van der Waals surface area contributed by atoms with Gasteiger partial charge >= 0.3 is 5.97 Å². The smallest absolute Gasteiger partial charge is 0.344 e. The van der Waals surface area contributed by atoms with E-state index in [1.807, 2.05) is 48.5 Å². The van der Waals surface area contributed by atoms with Crippen LogP contribution in [-0.2, 0) is 10.4 Å². The van der Waals surface area contributed by atoms with Gasteiger partial charge in [-0.05, 0) is 57.8 Å². The predicted octanol–water partition coefficient (Wildman–Crippen LogP) is 5.45. The molecule has 0 saturated heterocycles. The van der Waals surface area contributed by atoms with E-state index in [4.69, 9.17) is 4.74 Å². The molecule has 6 nitrogen and oxygen atoms in total. The van der Waals surface area contributed by atoms with Gasteiger partial charge < -0.3 is 9.84 Å². The van der Waals surface area contributed by atoms with Gasteiger partial charge in [0, 0.05) is 0 Å². The number of nitrogens with one attached hydrogen (secondary N) is 1. The minimum Gasteiger partial charge on any atom is -0.423 e. The molecule has 2 N–H and O–H groups in total. The first-order valence-corrected chi connectivity index (χ1v) is 12.0. The van der Waals surface area contributed by atoms with E-state index in [9.17, 15) is 14.7 Å². The molecular weight excluding hydrogens is 476 g/mol. The van der Waals surface area contributed by atoms with Crippen LogP contribution in [0.5, 0.6) is 5.75 Å². The van der Waals surface area contributed by atoms with Crippen LogP contribution in [0.3, 0.4) is 0 Å². The van der Waals surface area contributed by atoms with Gasteiger partial charge in [-0.25, -0.2) is 10.2 Å². The Bertz CT molecular complexity index is 1550. The lowest BCUT2D eigenvalue weighted by Crippen LogP contribution is -2.43. The number of hydrogen-bond acceptors (Lipinski definition) is 5. The average Bonchev–Trinajstić information content (AvgIpc) is 2.98. The fraction of sp³-hybridized carbons (Fsp3) is 0.0312. The average molecular weight is 501 g/mol. The van der Waals surface area contributed by atoms with Gasteiger partial charge in [0.1, 0.15) is 5.75 Å². The third kappa shape index (κ3) is 5.07. The maximum atomic E-state index is 13.1. The zero-order valence-electron chi connectivity index (χ0n) is 20.3. The van der Waals surface area contributed by atoms with E-state index in [1.165, 1.54) is 6.21 Å². The first-order chi connectivity index (χ1) is 18.6. The van der Waals surface area contributed by atoms with Crippen LogP contribution in [0.1, 0.15) is 27.0 Å². The van der Waals surface area contributed by atoms with Crippen molar-refractivity contribution < 1.29 is 19.4 Å². The summed E-state index contributed by atoms with van der Waals surface area (Å²) >= 11 is 0. The summed E-state index contributed by atoms with van der Waals surface area (Å²) in [6.45, 7) is 0. The van der Waals surface area contributed by atoms with Crippen LogP contribution in [0, 0.1) is 0 Å².